The average molecular weight is 597 g/mol. The summed E-state index contributed by atoms with van der Waals surface area (Å²) in [5.74, 6) is -8.15. The van der Waals surface area contributed by atoms with Crippen molar-refractivity contribution in [3.8, 4) is 55.6 Å². The molecule has 8 heteroatoms. The van der Waals surface area contributed by atoms with Crippen LogP contribution in [0, 0.1) is 34.9 Å². The number of anilines is 2. The lowest BCUT2D eigenvalue weighted by atomic mass is 9.88. The smallest absolute Gasteiger partial charge is 0.194 e. The van der Waals surface area contributed by atoms with Crippen molar-refractivity contribution in [3.63, 3.8) is 0 Å². The molecule has 0 aliphatic heterocycles. The van der Waals surface area contributed by atoms with Gasteiger partial charge in [-0.05, 0) is 104 Å². The van der Waals surface area contributed by atoms with E-state index >= 15 is 0 Å². The third-order valence-corrected chi connectivity index (χ3v) is 7.40. The summed E-state index contributed by atoms with van der Waals surface area (Å²) in [7, 11) is 0. The fourth-order valence-corrected chi connectivity index (χ4v) is 5.20. The molecule has 0 bridgehead atoms. The van der Waals surface area contributed by atoms with E-state index in [2.05, 4.69) is 0 Å². The van der Waals surface area contributed by atoms with Crippen molar-refractivity contribution in [2.24, 2.45) is 0 Å². The molecule has 0 saturated heterocycles. The molecule has 6 aromatic rings. The van der Waals surface area contributed by atoms with Gasteiger partial charge in [0.2, 0.25) is 0 Å². The van der Waals surface area contributed by atoms with Crippen LogP contribution in [0.25, 0.3) is 55.6 Å². The Balaban J connectivity index is 1.41. The predicted molar refractivity (Wildman–Crippen MR) is 162 cm³/mol. The first-order valence-corrected chi connectivity index (χ1v) is 13.4. The maximum atomic E-state index is 13.8. The summed E-state index contributed by atoms with van der Waals surface area (Å²) >= 11 is 0. The van der Waals surface area contributed by atoms with Crippen LogP contribution >= 0.6 is 0 Å². The quantitative estimate of drug-likeness (QED) is 0.118. The molecular weight excluding hydrogens is 574 g/mol. The van der Waals surface area contributed by atoms with Crippen LogP contribution < -0.4 is 11.5 Å². The Morgan fingerprint density at radius 2 is 0.591 bits per heavy atom. The average Bonchev–Trinajstić information content (AvgIpc) is 3.02. The normalized spacial score (nSPS) is 11.1. The second-order valence-electron chi connectivity index (χ2n) is 10.3. The van der Waals surface area contributed by atoms with Gasteiger partial charge in [-0.1, -0.05) is 60.7 Å². The monoisotopic (exact) mass is 596 g/mol. The lowest BCUT2D eigenvalue weighted by Gasteiger charge is -2.17. The topological polar surface area (TPSA) is 52.0 Å². The molecule has 0 spiro atoms. The number of hydrogen-bond acceptors (Lipinski definition) is 2. The first-order valence-electron chi connectivity index (χ1n) is 13.4. The Morgan fingerprint density at radius 3 is 0.909 bits per heavy atom. The van der Waals surface area contributed by atoms with E-state index in [0.29, 0.717) is 22.5 Å². The molecule has 0 aliphatic carbocycles. The van der Waals surface area contributed by atoms with Gasteiger partial charge >= 0.3 is 0 Å². The van der Waals surface area contributed by atoms with Crippen molar-refractivity contribution in [3.05, 3.63) is 144 Å². The molecule has 0 unspecified atom stereocenters. The van der Waals surface area contributed by atoms with Gasteiger partial charge in [-0.3, -0.25) is 0 Å². The van der Waals surface area contributed by atoms with Gasteiger partial charge in [-0.25, -0.2) is 26.3 Å². The van der Waals surface area contributed by atoms with E-state index < -0.39 is 34.9 Å². The Hall–Kier alpha value is -5.50. The number of halogens is 6. The first kappa shape index (κ1) is 28.6. The zero-order valence-electron chi connectivity index (χ0n) is 22.8. The van der Waals surface area contributed by atoms with Crippen molar-refractivity contribution in [1.29, 1.82) is 0 Å². The van der Waals surface area contributed by atoms with E-state index in [9.17, 15) is 26.3 Å². The minimum atomic E-state index is -1.53. The van der Waals surface area contributed by atoms with Gasteiger partial charge in [0.1, 0.15) is 0 Å². The molecule has 0 fully saturated rings. The Kier molecular flexibility index (Phi) is 7.35. The Bertz CT molecular complexity index is 1840. The Morgan fingerprint density at radius 1 is 0.295 bits per heavy atom. The van der Waals surface area contributed by atoms with E-state index in [1.165, 1.54) is 0 Å². The molecule has 0 atom stereocenters. The van der Waals surface area contributed by atoms with Crippen molar-refractivity contribution in [2.75, 3.05) is 11.5 Å². The highest BCUT2D eigenvalue weighted by molar-refractivity contribution is 5.94. The number of nitrogens with two attached hydrogens (primary N) is 2. The molecule has 2 nitrogen and oxygen atoms in total. The zero-order valence-corrected chi connectivity index (χ0v) is 22.8. The molecule has 4 N–H and O–H groups in total. The first-order chi connectivity index (χ1) is 21.1. The highest BCUT2D eigenvalue weighted by atomic mass is 19.2. The van der Waals surface area contributed by atoms with Crippen LogP contribution in [0.1, 0.15) is 0 Å². The summed E-state index contributed by atoms with van der Waals surface area (Å²) in [6.07, 6.45) is 0. The van der Waals surface area contributed by atoms with Gasteiger partial charge in [0, 0.05) is 11.4 Å². The highest BCUT2D eigenvalue weighted by Gasteiger charge is 2.17. The molecule has 0 aliphatic rings. The number of benzene rings is 6. The minimum Gasteiger partial charge on any atom is -0.399 e. The standard InChI is InChI=1S/C36H22F6N2/c37-31-13-23(14-32(38)35(31)41)19-1-5-21(6-2-19)29-17-25(43)9-11-27(29)28-12-10-26(44)18-30(28)22-7-3-20(4-8-22)24-15-33(39)36(42)34(40)16-24/h1-18H,43-44H2. The van der Waals surface area contributed by atoms with Crippen molar-refractivity contribution in [1.82, 2.24) is 0 Å². The summed E-state index contributed by atoms with van der Waals surface area (Å²) in [4.78, 5) is 0. The summed E-state index contributed by atoms with van der Waals surface area (Å²) < 4.78 is 82.3. The van der Waals surface area contributed by atoms with Crippen molar-refractivity contribution in [2.45, 2.75) is 0 Å². The van der Waals surface area contributed by atoms with E-state index in [1.807, 2.05) is 24.3 Å². The maximum Gasteiger partial charge on any atom is 0.194 e. The van der Waals surface area contributed by atoms with E-state index in [1.54, 1.807) is 60.7 Å². The second kappa shape index (κ2) is 11.3. The van der Waals surface area contributed by atoms with Gasteiger partial charge in [-0.15, -0.1) is 0 Å². The van der Waals surface area contributed by atoms with E-state index in [4.69, 9.17) is 11.5 Å². The third kappa shape index (κ3) is 5.38. The second-order valence-corrected chi connectivity index (χ2v) is 10.3. The Labute approximate surface area is 248 Å². The van der Waals surface area contributed by atoms with Gasteiger partial charge in [0.25, 0.3) is 0 Å². The molecule has 0 heterocycles. The minimum absolute atomic E-state index is 0.191. The van der Waals surface area contributed by atoms with Crippen LogP contribution in [0.15, 0.2) is 109 Å². The lowest BCUT2D eigenvalue weighted by molar-refractivity contribution is 0.447. The molecule has 6 rings (SSSR count). The fourth-order valence-electron chi connectivity index (χ4n) is 5.20. The van der Waals surface area contributed by atoms with Gasteiger partial charge in [-0.2, -0.15) is 0 Å². The molecule has 0 amide bonds. The van der Waals surface area contributed by atoms with Gasteiger partial charge in [0.15, 0.2) is 34.9 Å². The fraction of sp³-hybridized carbons (Fsp3) is 0. The van der Waals surface area contributed by atoms with Gasteiger partial charge in [0.05, 0.1) is 0 Å². The summed E-state index contributed by atoms with van der Waals surface area (Å²) in [5, 5.41) is 0. The number of nitrogen functional groups attached to an aromatic ring is 2. The van der Waals surface area contributed by atoms with E-state index in [0.717, 1.165) is 57.6 Å². The molecule has 0 radical (unpaired) electrons. The molecule has 0 aromatic heterocycles. The van der Waals surface area contributed by atoms with Crippen molar-refractivity contribution >= 4 is 11.4 Å². The maximum absolute atomic E-state index is 13.8. The SMILES string of the molecule is Nc1ccc(-c2ccc(N)cc2-c2ccc(-c3cc(F)c(F)c(F)c3)cc2)c(-c2ccc(-c3cc(F)c(F)c(F)c3)cc2)c1. The molecule has 44 heavy (non-hydrogen) atoms. The molecular formula is C36H22F6N2. The van der Waals surface area contributed by atoms with Crippen LogP contribution in [-0.4, -0.2) is 0 Å². The largest absolute Gasteiger partial charge is 0.399 e. The molecule has 6 aromatic carbocycles. The van der Waals surface area contributed by atoms with Crippen molar-refractivity contribution < 1.29 is 26.3 Å². The number of rotatable bonds is 5. The third-order valence-electron chi connectivity index (χ3n) is 7.40. The molecule has 0 saturated carbocycles. The van der Waals surface area contributed by atoms with Crippen LogP contribution in [0.2, 0.25) is 0 Å². The summed E-state index contributed by atoms with van der Waals surface area (Å²) in [5.41, 5.74) is 19.4. The van der Waals surface area contributed by atoms with Crippen LogP contribution in [0.5, 0.6) is 0 Å². The molecule has 218 valence electrons. The summed E-state index contributed by atoms with van der Waals surface area (Å²) in [6.45, 7) is 0. The highest BCUT2D eigenvalue weighted by Crippen LogP contribution is 2.41. The zero-order chi connectivity index (χ0) is 31.1. The van der Waals surface area contributed by atoms with Crippen LogP contribution in [0.3, 0.4) is 0 Å². The van der Waals surface area contributed by atoms with Gasteiger partial charge < -0.3 is 11.5 Å². The summed E-state index contributed by atoms with van der Waals surface area (Å²) in [6, 6.07) is 28.5. The van der Waals surface area contributed by atoms with E-state index in [-0.39, 0.29) is 11.1 Å². The lowest BCUT2D eigenvalue weighted by Crippen LogP contribution is -1.95. The van der Waals surface area contributed by atoms with Crippen LogP contribution in [0.4, 0.5) is 37.7 Å². The predicted octanol–water partition coefficient (Wildman–Crippen LogP) is 10.0. The van der Waals surface area contributed by atoms with Crippen LogP contribution in [-0.2, 0) is 0 Å². The number of hydrogen-bond donors (Lipinski definition) is 2.